The van der Waals surface area contributed by atoms with Gasteiger partial charge in [0.1, 0.15) is 12.4 Å². The first-order valence-electron chi connectivity index (χ1n) is 7.60. The number of carbonyl (C=O) groups is 1. The molecule has 0 saturated carbocycles. The van der Waals surface area contributed by atoms with Crippen LogP contribution >= 0.6 is 0 Å². The Balaban J connectivity index is 1.37. The van der Waals surface area contributed by atoms with Crippen molar-refractivity contribution in [1.82, 2.24) is 29.3 Å². The predicted molar refractivity (Wildman–Crippen MR) is 83.8 cm³/mol. The summed E-state index contributed by atoms with van der Waals surface area (Å²) in [5, 5.41) is 11.9. The van der Waals surface area contributed by atoms with Crippen LogP contribution in [0.4, 0.5) is 5.82 Å². The molecule has 1 N–H and O–H groups in total. The van der Waals surface area contributed by atoms with Crippen molar-refractivity contribution in [2.75, 3.05) is 18.4 Å². The van der Waals surface area contributed by atoms with Gasteiger partial charge in [0.05, 0.1) is 0 Å². The van der Waals surface area contributed by atoms with E-state index in [9.17, 15) is 4.79 Å². The highest BCUT2D eigenvalue weighted by Gasteiger charge is 2.26. The second-order valence-corrected chi connectivity index (χ2v) is 5.62. The fourth-order valence-corrected chi connectivity index (χ4v) is 2.84. The Morgan fingerprint density at radius 1 is 1.30 bits per heavy atom. The summed E-state index contributed by atoms with van der Waals surface area (Å²) >= 11 is 0. The highest BCUT2D eigenvalue weighted by molar-refractivity contribution is 5.76. The number of likely N-dealkylation sites (tertiary alicyclic amines) is 1. The van der Waals surface area contributed by atoms with Gasteiger partial charge in [0, 0.05) is 43.9 Å². The standard InChI is InChI=1S/C15H17N7O/c23-15(11-21-7-1-5-17-21)20-8-4-12(10-20)18-13-2-3-14-16-6-9-22(14)19-13/h1-3,5-7,9,12H,4,8,10-11H2,(H,18,19). The molecule has 8 heteroatoms. The summed E-state index contributed by atoms with van der Waals surface area (Å²) in [6, 6.07) is 5.87. The molecule has 0 spiro atoms. The normalized spacial score (nSPS) is 17.7. The lowest BCUT2D eigenvalue weighted by molar-refractivity contribution is -0.130. The van der Waals surface area contributed by atoms with Gasteiger partial charge >= 0.3 is 0 Å². The Kier molecular flexibility index (Phi) is 3.41. The summed E-state index contributed by atoms with van der Waals surface area (Å²) in [6.45, 7) is 1.73. The molecule has 1 amide bonds. The van der Waals surface area contributed by atoms with Crippen molar-refractivity contribution in [3.05, 3.63) is 43.0 Å². The molecule has 0 aromatic carbocycles. The summed E-state index contributed by atoms with van der Waals surface area (Å²) < 4.78 is 3.38. The smallest absolute Gasteiger partial charge is 0.244 e. The van der Waals surface area contributed by atoms with Gasteiger partial charge in [-0.25, -0.2) is 9.50 Å². The largest absolute Gasteiger partial charge is 0.364 e. The molecular weight excluding hydrogens is 294 g/mol. The SMILES string of the molecule is O=C(Cn1cccn1)N1CCC(Nc2ccc3nccn3n2)C1. The van der Waals surface area contributed by atoms with Crippen molar-refractivity contribution >= 4 is 17.4 Å². The van der Waals surface area contributed by atoms with Crippen LogP contribution in [-0.4, -0.2) is 54.3 Å². The van der Waals surface area contributed by atoms with Crippen LogP contribution < -0.4 is 5.32 Å². The molecule has 1 aliphatic heterocycles. The van der Waals surface area contributed by atoms with Gasteiger partial charge in [-0.3, -0.25) is 9.48 Å². The monoisotopic (exact) mass is 311 g/mol. The summed E-state index contributed by atoms with van der Waals surface area (Å²) in [6.07, 6.45) is 7.93. The number of hydrogen-bond donors (Lipinski definition) is 1. The van der Waals surface area contributed by atoms with Gasteiger partial charge in [-0.15, -0.1) is 5.10 Å². The average molecular weight is 311 g/mol. The van der Waals surface area contributed by atoms with Crippen LogP contribution in [0.5, 0.6) is 0 Å². The highest BCUT2D eigenvalue weighted by atomic mass is 16.2. The van der Waals surface area contributed by atoms with E-state index in [-0.39, 0.29) is 11.9 Å². The minimum absolute atomic E-state index is 0.0935. The third kappa shape index (κ3) is 2.87. The Labute approximate surface area is 132 Å². The molecule has 0 bridgehead atoms. The zero-order valence-electron chi connectivity index (χ0n) is 12.5. The van der Waals surface area contributed by atoms with Crippen LogP contribution in [0.25, 0.3) is 5.65 Å². The number of fused-ring (bicyclic) bond motifs is 1. The molecule has 0 aliphatic carbocycles. The molecule has 23 heavy (non-hydrogen) atoms. The van der Waals surface area contributed by atoms with Gasteiger partial charge in [0.25, 0.3) is 0 Å². The third-order valence-electron chi connectivity index (χ3n) is 4.00. The number of nitrogens with zero attached hydrogens (tertiary/aromatic N) is 6. The molecule has 4 rings (SSSR count). The van der Waals surface area contributed by atoms with Crippen LogP contribution in [-0.2, 0) is 11.3 Å². The zero-order valence-corrected chi connectivity index (χ0v) is 12.5. The summed E-state index contributed by atoms with van der Waals surface area (Å²) in [5.74, 6) is 0.887. The van der Waals surface area contributed by atoms with Gasteiger partial charge in [0.15, 0.2) is 5.65 Å². The molecule has 1 fully saturated rings. The van der Waals surface area contributed by atoms with Gasteiger partial charge in [-0.1, -0.05) is 0 Å². The molecule has 4 heterocycles. The molecule has 118 valence electrons. The molecule has 8 nitrogen and oxygen atoms in total. The number of hydrogen-bond acceptors (Lipinski definition) is 5. The average Bonchev–Trinajstić information content (AvgIpc) is 3.27. The number of amides is 1. The fourth-order valence-electron chi connectivity index (χ4n) is 2.84. The van der Waals surface area contributed by atoms with E-state index in [4.69, 9.17) is 0 Å². The molecule has 1 aliphatic rings. The zero-order chi connectivity index (χ0) is 15.6. The van der Waals surface area contributed by atoms with E-state index in [1.165, 1.54) is 0 Å². The van der Waals surface area contributed by atoms with E-state index in [2.05, 4.69) is 20.5 Å². The topological polar surface area (TPSA) is 80.4 Å². The van der Waals surface area contributed by atoms with E-state index < -0.39 is 0 Å². The maximum atomic E-state index is 12.3. The van der Waals surface area contributed by atoms with Crippen LogP contribution in [0.1, 0.15) is 6.42 Å². The van der Waals surface area contributed by atoms with Crippen LogP contribution in [0.2, 0.25) is 0 Å². The molecule has 1 unspecified atom stereocenters. The van der Waals surface area contributed by atoms with E-state index in [1.54, 1.807) is 27.8 Å². The third-order valence-corrected chi connectivity index (χ3v) is 4.00. The number of rotatable bonds is 4. The highest BCUT2D eigenvalue weighted by Crippen LogP contribution is 2.15. The maximum absolute atomic E-state index is 12.3. The van der Waals surface area contributed by atoms with Crippen LogP contribution in [0.3, 0.4) is 0 Å². The molecule has 3 aromatic rings. The van der Waals surface area contributed by atoms with Crippen molar-refractivity contribution in [1.29, 1.82) is 0 Å². The van der Waals surface area contributed by atoms with E-state index in [1.807, 2.05) is 29.3 Å². The second-order valence-electron chi connectivity index (χ2n) is 5.62. The number of carbonyl (C=O) groups excluding carboxylic acids is 1. The maximum Gasteiger partial charge on any atom is 0.244 e. The van der Waals surface area contributed by atoms with Crippen molar-refractivity contribution < 1.29 is 4.79 Å². The molecule has 1 saturated heterocycles. The molecule has 1 atom stereocenters. The summed E-state index contributed by atoms with van der Waals surface area (Å²) in [5.41, 5.74) is 0.818. The summed E-state index contributed by atoms with van der Waals surface area (Å²) in [4.78, 5) is 18.3. The summed E-state index contributed by atoms with van der Waals surface area (Å²) in [7, 11) is 0. The number of aromatic nitrogens is 5. The number of anilines is 1. The number of nitrogens with one attached hydrogen (secondary N) is 1. The van der Waals surface area contributed by atoms with E-state index in [0.29, 0.717) is 13.1 Å². The lowest BCUT2D eigenvalue weighted by Crippen LogP contribution is -2.34. The molecular formula is C15H17N7O. The van der Waals surface area contributed by atoms with Crippen molar-refractivity contribution in [3.8, 4) is 0 Å². The van der Waals surface area contributed by atoms with Crippen LogP contribution in [0.15, 0.2) is 43.0 Å². The van der Waals surface area contributed by atoms with Crippen LogP contribution in [0, 0.1) is 0 Å². The second kappa shape index (κ2) is 5.71. The lowest BCUT2D eigenvalue weighted by Gasteiger charge is -2.17. The quantitative estimate of drug-likeness (QED) is 0.765. The minimum atomic E-state index is 0.0935. The van der Waals surface area contributed by atoms with Gasteiger partial charge in [-0.2, -0.15) is 5.10 Å². The van der Waals surface area contributed by atoms with Crippen molar-refractivity contribution in [3.63, 3.8) is 0 Å². The fraction of sp³-hybridized carbons (Fsp3) is 0.333. The van der Waals surface area contributed by atoms with Gasteiger partial charge in [-0.05, 0) is 24.6 Å². The first kappa shape index (κ1) is 13.7. The first-order valence-corrected chi connectivity index (χ1v) is 7.60. The van der Waals surface area contributed by atoms with Crippen molar-refractivity contribution in [2.45, 2.75) is 19.0 Å². The van der Waals surface area contributed by atoms with E-state index in [0.717, 1.165) is 24.4 Å². The molecule has 3 aromatic heterocycles. The Hall–Kier alpha value is -2.90. The first-order chi connectivity index (χ1) is 11.3. The lowest BCUT2D eigenvalue weighted by atomic mass is 10.2. The minimum Gasteiger partial charge on any atom is -0.364 e. The van der Waals surface area contributed by atoms with Gasteiger partial charge < -0.3 is 10.2 Å². The molecule has 0 radical (unpaired) electrons. The Morgan fingerprint density at radius 3 is 3.13 bits per heavy atom. The Morgan fingerprint density at radius 2 is 2.26 bits per heavy atom. The van der Waals surface area contributed by atoms with E-state index >= 15 is 0 Å². The van der Waals surface area contributed by atoms with Gasteiger partial charge in [0.2, 0.25) is 5.91 Å². The number of imidazole rings is 1. The Bertz CT molecular complexity index is 810. The predicted octanol–water partition coefficient (Wildman–Crippen LogP) is 0.639. The van der Waals surface area contributed by atoms with Crippen molar-refractivity contribution in [2.24, 2.45) is 0 Å².